The Kier molecular flexibility index (Phi) is 4.61. The first-order valence-corrected chi connectivity index (χ1v) is 7.06. The van der Waals surface area contributed by atoms with E-state index in [9.17, 15) is 0 Å². The molecule has 2 N–H and O–H groups in total. The monoisotopic (exact) mass is 247 g/mol. The average molecular weight is 247 g/mol. The van der Waals surface area contributed by atoms with Crippen LogP contribution in [0.15, 0.2) is 24.3 Å². The molecule has 0 amide bonds. The molecule has 1 atom stereocenters. The van der Waals surface area contributed by atoms with Gasteiger partial charge in [-0.25, -0.2) is 0 Å². The van der Waals surface area contributed by atoms with Gasteiger partial charge in [0, 0.05) is 31.4 Å². The number of benzene rings is 1. The predicted molar refractivity (Wildman–Crippen MR) is 77.9 cm³/mol. The van der Waals surface area contributed by atoms with Crippen molar-refractivity contribution in [3.63, 3.8) is 0 Å². The zero-order valence-corrected chi connectivity index (χ0v) is 11.6. The van der Waals surface area contributed by atoms with Crippen molar-refractivity contribution in [3.05, 3.63) is 29.8 Å². The maximum atomic E-state index is 5.63. The molecule has 1 unspecified atom stereocenters. The smallest absolute Gasteiger partial charge is 0.0366 e. The minimum absolute atomic E-state index is 0.627. The molecule has 0 aromatic heterocycles. The van der Waals surface area contributed by atoms with Gasteiger partial charge in [0.05, 0.1) is 0 Å². The molecule has 2 rings (SSSR count). The molecule has 3 heteroatoms. The number of hydrogen-bond donors (Lipinski definition) is 1. The molecule has 1 heterocycles. The maximum absolute atomic E-state index is 5.63. The van der Waals surface area contributed by atoms with Crippen molar-refractivity contribution in [3.8, 4) is 0 Å². The normalized spacial score (nSPS) is 19.8. The second-order valence-electron chi connectivity index (χ2n) is 4.98. The first-order chi connectivity index (χ1) is 8.78. The molecule has 18 heavy (non-hydrogen) atoms. The Bertz CT molecular complexity index is 357. The van der Waals surface area contributed by atoms with Crippen LogP contribution in [0, 0.1) is 0 Å². The maximum Gasteiger partial charge on any atom is 0.0366 e. The van der Waals surface area contributed by atoms with Gasteiger partial charge in [0.15, 0.2) is 0 Å². The van der Waals surface area contributed by atoms with Gasteiger partial charge in [-0.3, -0.25) is 4.90 Å². The van der Waals surface area contributed by atoms with Gasteiger partial charge in [0.25, 0.3) is 0 Å². The molecular formula is C15H25N3. The molecular weight excluding hydrogens is 222 g/mol. The Morgan fingerprint density at radius 3 is 2.44 bits per heavy atom. The summed E-state index contributed by atoms with van der Waals surface area (Å²) in [6, 6.07) is 9.40. The summed E-state index contributed by atoms with van der Waals surface area (Å²) >= 11 is 0. The lowest BCUT2D eigenvalue weighted by Gasteiger charge is -2.26. The second-order valence-corrected chi connectivity index (χ2v) is 4.98. The Morgan fingerprint density at radius 2 is 1.89 bits per heavy atom. The van der Waals surface area contributed by atoms with Gasteiger partial charge >= 0.3 is 0 Å². The van der Waals surface area contributed by atoms with E-state index in [0.29, 0.717) is 12.6 Å². The molecule has 1 fully saturated rings. The molecule has 1 saturated heterocycles. The summed E-state index contributed by atoms with van der Waals surface area (Å²) in [5.41, 5.74) is 8.17. The highest BCUT2D eigenvalue weighted by atomic mass is 15.2. The van der Waals surface area contributed by atoms with Gasteiger partial charge in [0.1, 0.15) is 0 Å². The lowest BCUT2D eigenvalue weighted by molar-refractivity contribution is 0.232. The van der Waals surface area contributed by atoms with Crippen molar-refractivity contribution in [2.75, 3.05) is 31.1 Å². The SMILES string of the molecule is CCN(CC)C1CCN(c2ccc(CN)cc2)C1. The van der Waals surface area contributed by atoms with E-state index in [2.05, 4.69) is 47.9 Å². The van der Waals surface area contributed by atoms with Crippen LogP contribution in [0.2, 0.25) is 0 Å². The summed E-state index contributed by atoms with van der Waals surface area (Å²) in [6.45, 7) is 9.77. The Labute approximate surface area is 111 Å². The van der Waals surface area contributed by atoms with Crippen molar-refractivity contribution in [2.24, 2.45) is 5.73 Å². The highest BCUT2D eigenvalue weighted by Crippen LogP contribution is 2.23. The minimum atomic E-state index is 0.627. The van der Waals surface area contributed by atoms with Crippen LogP contribution in [0.5, 0.6) is 0 Å². The number of hydrogen-bond acceptors (Lipinski definition) is 3. The number of nitrogens with zero attached hydrogens (tertiary/aromatic N) is 2. The molecule has 0 aliphatic carbocycles. The van der Waals surface area contributed by atoms with Gasteiger partial charge < -0.3 is 10.6 Å². The first kappa shape index (κ1) is 13.4. The van der Waals surface area contributed by atoms with Crippen molar-refractivity contribution >= 4 is 5.69 Å². The van der Waals surface area contributed by atoms with Crippen LogP contribution in [0.3, 0.4) is 0 Å². The molecule has 0 saturated carbocycles. The lowest BCUT2D eigenvalue weighted by atomic mass is 10.2. The standard InChI is InChI=1S/C15H25N3/c1-3-17(4-2)15-9-10-18(12-15)14-7-5-13(11-16)6-8-14/h5-8,15H,3-4,9-12,16H2,1-2H3. The van der Waals surface area contributed by atoms with Crippen LogP contribution >= 0.6 is 0 Å². The zero-order valence-electron chi connectivity index (χ0n) is 11.6. The third kappa shape index (κ3) is 2.85. The molecule has 1 aromatic carbocycles. The Balaban J connectivity index is 1.99. The number of rotatable bonds is 5. The number of nitrogens with two attached hydrogens (primary N) is 1. The van der Waals surface area contributed by atoms with Gasteiger partial charge in [-0.1, -0.05) is 26.0 Å². The summed E-state index contributed by atoms with van der Waals surface area (Å²) in [7, 11) is 0. The quantitative estimate of drug-likeness (QED) is 0.864. The Morgan fingerprint density at radius 1 is 1.22 bits per heavy atom. The van der Waals surface area contributed by atoms with Crippen molar-refractivity contribution < 1.29 is 0 Å². The van der Waals surface area contributed by atoms with Gasteiger partial charge in [-0.2, -0.15) is 0 Å². The van der Waals surface area contributed by atoms with Crippen LogP contribution in [-0.2, 0) is 6.54 Å². The molecule has 1 aliphatic rings. The Hall–Kier alpha value is -1.06. The van der Waals surface area contributed by atoms with E-state index in [1.165, 1.54) is 24.2 Å². The molecule has 100 valence electrons. The van der Waals surface area contributed by atoms with Crippen LogP contribution < -0.4 is 10.6 Å². The van der Waals surface area contributed by atoms with Crippen LogP contribution in [0.1, 0.15) is 25.8 Å². The average Bonchev–Trinajstić information content (AvgIpc) is 2.90. The van der Waals surface area contributed by atoms with Gasteiger partial charge in [0.2, 0.25) is 0 Å². The summed E-state index contributed by atoms with van der Waals surface area (Å²) in [6.07, 6.45) is 1.28. The molecule has 1 aliphatic heterocycles. The van der Waals surface area contributed by atoms with Gasteiger partial charge in [-0.15, -0.1) is 0 Å². The molecule has 0 bridgehead atoms. The second kappa shape index (κ2) is 6.21. The van der Waals surface area contributed by atoms with E-state index in [0.717, 1.165) is 19.6 Å². The van der Waals surface area contributed by atoms with E-state index in [-0.39, 0.29) is 0 Å². The molecule has 0 spiro atoms. The van der Waals surface area contributed by atoms with Crippen molar-refractivity contribution in [2.45, 2.75) is 32.9 Å². The van der Waals surface area contributed by atoms with E-state index >= 15 is 0 Å². The summed E-state index contributed by atoms with van der Waals surface area (Å²) in [5, 5.41) is 0. The lowest BCUT2D eigenvalue weighted by Crippen LogP contribution is -2.37. The highest BCUT2D eigenvalue weighted by molar-refractivity contribution is 5.48. The predicted octanol–water partition coefficient (Wildman–Crippen LogP) is 2.07. The van der Waals surface area contributed by atoms with Crippen molar-refractivity contribution in [1.82, 2.24) is 4.90 Å². The summed E-state index contributed by atoms with van der Waals surface area (Å²) in [5.74, 6) is 0. The largest absolute Gasteiger partial charge is 0.370 e. The highest BCUT2D eigenvalue weighted by Gasteiger charge is 2.26. The van der Waals surface area contributed by atoms with Crippen LogP contribution in [-0.4, -0.2) is 37.1 Å². The fourth-order valence-corrected chi connectivity index (χ4v) is 2.86. The van der Waals surface area contributed by atoms with Crippen LogP contribution in [0.4, 0.5) is 5.69 Å². The van der Waals surface area contributed by atoms with E-state index in [1.54, 1.807) is 0 Å². The molecule has 0 radical (unpaired) electrons. The summed E-state index contributed by atoms with van der Waals surface area (Å²) < 4.78 is 0. The zero-order chi connectivity index (χ0) is 13.0. The summed E-state index contributed by atoms with van der Waals surface area (Å²) in [4.78, 5) is 5.05. The van der Waals surface area contributed by atoms with Crippen LogP contribution in [0.25, 0.3) is 0 Å². The number of likely N-dealkylation sites (N-methyl/N-ethyl adjacent to an activating group) is 1. The first-order valence-electron chi connectivity index (χ1n) is 7.06. The third-order valence-corrected chi connectivity index (χ3v) is 4.03. The van der Waals surface area contributed by atoms with E-state index in [1.807, 2.05) is 0 Å². The fraction of sp³-hybridized carbons (Fsp3) is 0.600. The number of anilines is 1. The third-order valence-electron chi connectivity index (χ3n) is 4.03. The topological polar surface area (TPSA) is 32.5 Å². The fourth-order valence-electron chi connectivity index (χ4n) is 2.86. The van der Waals surface area contributed by atoms with Gasteiger partial charge in [-0.05, 0) is 37.2 Å². The minimum Gasteiger partial charge on any atom is -0.370 e. The molecule has 1 aromatic rings. The molecule has 3 nitrogen and oxygen atoms in total. The van der Waals surface area contributed by atoms with E-state index < -0.39 is 0 Å². The van der Waals surface area contributed by atoms with Crippen molar-refractivity contribution in [1.29, 1.82) is 0 Å². The van der Waals surface area contributed by atoms with E-state index in [4.69, 9.17) is 5.73 Å².